The van der Waals surface area contributed by atoms with Crippen LogP contribution in [0.2, 0.25) is 0 Å². The van der Waals surface area contributed by atoms with Gasteiger partial charge in [0.15, 0.2) is 0 Å². The fourth-order valence-corrected chi connectivity index (χ4v) is 2.48. The van der Waals surface area contributed by atoms with Crippen LogP contribution in [-0.2, 0) is 13.5 Å². The molecule has 0 fully saturated rings. The number of fused-ring (bicyclic) bond motifs is 1. The number of hydrogen-bond donors (Lipinski definition) is 1. The molecule has 1 N–H and O–H groups in total. The molecule has 1 aromatic carbocycles. The van der Waals surface area contributed by atoms with E-state index in [0.717, 1.165) is 17.7 Å². The quantitative estimate of drug-likeness (QED) is 0.770. The summed E-state index contributed by atoms with van der Waals surface area (Å²) in [7, 11) is 1.86. The second kappa shape index (κ2) is 4.19. The Bertz CT molecular complexity index is 735. The number of nitrogens with zero attached hydrogens (tertiary/aromatic N) is 4. The Labute approximate surface area is 115 Å². The maximum atomic E-state index is 5.38. The van der Waals surface area contributed by atoms with Crippen molar-refractivity contribution < 1.29 is 4.52 Å². The first-order valence-corrected chi connectivity index (χ1v) is 6.46. The van der Waals surface area contributed by atoms with Gasteiger partial charge in [-0.05, 0) is 11.6 Å². The van der Waals surface area contributed by atoms with Crippen molar-refractivity contribution in [3.8, 4) is 11.4 Å². The van der Waals surface area contributed by atoms with Gasteiger partial charge in [-0.15, -0.1) is 0 Å². The van der Waals surface area contributed by atoms with Gasteiger partial charge in [-0.1, -0.05) is 23.4 Å². The Morgan fingerprint density at radius 2 is 2.25 bits per heavy atom. The highest BCUT2D eigenvalue weighted by molar-refractivity contribution is 5.57. The molecule has 0 bridgehead atoms. The van der Waals surface area contributed by atoms with E-state index in [1.807, 2.05) is 25.4 Å². The molecule has 0 aliphatic carbocycles. The van der Waals surface area contributed by atoms with Gasteiger partial charge in [-0.3, -0.25) is 4.68 Å². The first kappa shape index (κ1) is 11.2. The third kappa shape index (κ3) is 1.77. The molecule has 0 amide bonds. The van der Waals surface area contributed by atoms with Gasteiger partial charge in [0.1, 0.15) is 6.04 Å². The van der Waals surface area contributed by atoms with Crippen LogP contribution < -0.4 is 5.32 Å². The van der Waals surface area contributed by atoms with E-state index in [1.165, 1.54) is 5.56 Å². The predicted molar refractivity (Wildman–Crippen MR) is 73.0 cm³/mol. The van der Waals surface area contributed by atoms with E-state index >= 15 is 0 Å². The van der Waals surface area contributed by atoms with Crippen LogP contribution in [0.1, 0.15) is 17.5 Å². The molecule has 2 aromatic heterocycles. The molecule has 100 valence electrons. The van der Waals surface area contributed by atoms with Gasteiger partial charge in [0.2, 0.25) is 11.7 Å². The van der Waals surface area contributed by atoms with Crippen molar-refractivity contribution in [3.05, 3.63) is 48.1 Å². The monoisotopic (exact) mass is 267 g/mol. The Balaban J connectivity index is 1.61. The molecule has 0 spiro atoms. The van der Waals surface area contributed by atoms with Gasteiger partial charge >= 0.3 is 0 Å². The number of nitrogens with one attached hydrogen (secondary N) is 1. The van der Waals surface area contributed by atoms with Gasteiger partial charge < -0.3 is 9.84 Å². The number of aryl methyl sites for hydroxylation is 1. The summed E-state index contributed by atoms with van der Waals surface area (Å²) in [5.74, 6) is 1.19. The first-order valence-electron chi connectivity index (χ1n) is 6.46. The molecule has 0 saturated heterocycles. The number of para-hydroxylation sites is 1. The van der Waals surface area contributed by atoms with Gasteiger partial charge in [-0.25, -0.2) is 0 Å². The summed E-state index contributed by atoms with van der Waals surface area (Å²) >= 11 is 0. The average Bonchev–Trinajstić information content (AvgIpc) is 3.16. The Morgan fingerprint density at radius 3 is 3.05 bits per heavy atom. The van der Waals surface area contributed by atoms with E-state index in [-0.39, 0.29) is 6.04 Å². The van der Waals surface area contributed by atoms with Crippen molar-refractivity contribution in [1.82, 2.24) is 19.9 Å². The smallest absolute Gasteiger partial charge is 0.249 e. The number of aromatic nitrogens is 4. The van der Waals surface area contributed by atoms with E-state index in [9.17, 15) is 0 Å². The van der Waals surface area contributed by atoms with Crippen molar-refractivity contribution in [2.75, 3.05) is 5.32 Å². The highest BCUT2D eigenvalue weighted by atomic mass is 16.5. The summed E-state index contributed by atoms with van der Waals surface area (Å²) in [6.45, 7) is 0. The van der Waals surface area contributed by atoms with Crippen LogP contribution in [0.3, 0.4) is 0 Å². The van der Waals surface area contributed by atoms with Crippen molar-refractivity contribution >= 4 is 5.69 Å². The molecular formula is C14H13N5O. The number of rotatable bonds is 2. The fourth-order valence-electron chi connectivity index (χ4n) is 2.48. The van der Waals surface area contributed by atoms with Crippen LogP contribution in [-0.4, -0.2) is 19.9 Å². The summed E-state index contributed by atoms with van der Waals surface area (Å²) in [6, 6.07) is 8.28. The lowest BCUT2D eigenvalue weighted by Crippen LogP contribution is -2.05. The molecule has 1 atom stereocenters. The maximum Gasteiger partial charge on any atom is 0.249 e. The molecule has 0 saturated carbocycles. The van der Waals surface area contributed by atoms with Gasteiger partial charge in [0.05, 0.1) is 11.8 Å². The molecule has 3 aromatic rings. The van der Waals surface area contributed by atoms with Crippen LogP contribution in [0.25, 0.3) is 11.4 Å². The largest absolute Gasteiger partial charge is 0.373 e. The third-order valence-corrected chi connectivity index (χ3v) is 3.47. The summed E-state index contributed by atoms with van der Waals surface area (Å²) < 4.78 is 7.10. The number of anilines is 1. The van der Waals surface area contributed by atoms with Gasteiger partial charge in [0.25, 0.3) is 0 Å². The van der Waals surface area contributed by atoms with E-state index in [1.54, 1.807) is 10.9 Å². The predicted octanol–water partition coefficient (Wildman–Crippen LogP) is 2.18. The normalized spacial score (nSPS) is 16.9. The minimum absolute atomic E-state index is 0.0466. The zero-order chi connectivity index (χ0) is 13.5. The second-order valence-electron chi connectivity index (χ2n) is 4.92. The molecule has 0 unspecified atom stereocenters. The van der Waals surface area contributed by atoms with Crippen LogP contribution in [0.4, 0.5) is 5.69 Å². The Hall–Kier alpha value is -2.63. The van der Waals surface area contributed by atoms with Crippen LogP contribution in [0.5, 0.6) is 0 Å². The third-order valence-electron chi connectivity index (χ3n) is 3.47. The lowest BCUT2D eigenvalue weighted by molar-refractivity contribution is 0.364. The SMILES string of the molecule is Cn1cc(-c2noc([C@@H]3Cc4ccccc4N3)n2)cn1. The highest BCUT2D eigenvalue weighted by Crippen LogP contribution is 2.33. The van der Waals surface area contributed by atoms with Crippen LogP contribution >= 0.6 is 0 Å². The summed E-state index contributed by atoms with van der Waals surface area (Å²) in [5.41, 5.74) is 3.27. The van der Waals surface area contributed by atoms with E-state index in [4.69, 9.17) is 4.52 Å². The highest BCUT2D eigenvalue weighted by Gasteiger charge is 2.26. The molecule has 6 heteroatoms. The Kier molecular flexibility index (Phi) is 2.35. The van der Waals surface area contributed by atoms with Gasteiger partial charge in [0, 0.05) is 25.4 Å². The van der Waals surface area contributed by atoms with Crippen LogP contribution in [0.15, 0.2) is 41.2 Å². The van der Waals surface area contributed by atoms with E-state index < -0.39 is 0 Å². The topological polar surface area (TPSA) is 68.8 Å². The van der Waals surface area contributed by atoms with Crippen molar-refractivity contribution in [3.63, 3.8) is 0 Å². The van der Waals surface area contributed by atoms with E-state index in [0.29, 0.717) is 11.7 Å². The molecule has 0 radical (unpaired) electrons. The molecule has 6 nitrogen and oxygen atoms in total. The second-order valence-corrected chi connectivity index (χ2v) is 4.92. The van der Waals surface area contributed by atoms with Crippen molar-refractivity contribution in [2.45, 2.75) is 12.5 Å². The number of hydrogen-bond acceptors (Lipinski definition) is 5. The van der Waals surface area contributed by atoms with Gasteiger partial charge in [-0.2, -0.15) is 10.1 Å². The average molecular weight is 267 g/mol. The number of benzene rings is 1. The minimum Gasteiger partial charge on any atom is -0.373 e. The molecule has 4 rings (SSSR count). The van der Waals surface area contributed by atoms with E-state index in [2.05, 4.69) is 32.7 Å². The maximum absolute atomic E-state index is 5.38. The minimum atomic E-state index is 0.0466. The molecule has 1 aliphatic heterocycles. The zero-order valence-corrected chi connectivity index (χ0v) is 10.9. The molecular weight excluding hydrogens is 254 g/mol. The lowest BCUT2D eigenvalue weighted by Gasteiger charge is -2.04. The molecule has 20 heavy (non-hydrogen) atoms. The van der Waals surface area contributed by atoms with Crippen molar-refractivity contribution in [2.24, 2.45) is 7.05 Å². The molecule has 1 aliphatic rings. The summed E-state index contributed by atoms with van der Waals surface area (Å²) in [4.78, 5) is 4.47. The van der Waals surface area contributed by atoms with Crippen molar-refractivity contribution in [1.29, 1.82) is 0 Å². The first-order chi connectivity index (χ1) is 9.79. The van der Waals surface area contributed by atoms with Crippen LogP contribution in [0, 0.1) is 0 Å². The summed E-state index contributed by atoms with van der Waals surface area (Å²) in [5, 5.41) is 11.5. The molecule has 3 heterocycles. The standard InChI is InChI=1S/C14H13N5O/c1-19-8-10(7-15-19)13-17-14(20-18-13)12-6-9-4-2-3-5-11(9)16-12/h2-5,7-8,12,16H,6H2,1H3/t12-/m0/s1. The fraction of sp³-hybridized carbons (Fsp3) is 0.214. The lowest BCUT2D eigenvalue weighted by atomic mass is 10.1. The summed E-state index contributed by atoms with van der Waals surface area (Å²) in [6.07, 6.45) is 4.46. The Morgan fingerprint density at radius 1 is 1.35 bits per heavy atom. The zero-order valence-electron chi connectivity index (χ0n) is 10.9.